The van der Waals surface area contributed by atoms with Crippen LogP contribution in [0.15, 0.2) is 23.1 Å². The molecule has 0 amide bonds. The number of hydrogen-bond donors (Lipinski definition) is 1. The Morgan fingerprint density at radius 3 is 2.73 bits per heavy atom. The Labute approximate surface area is 98.6 Å². The first-order valence-corrected chi connectivity index (χ1v) is 6.14. The average molecular weight is 245 g/mol. The molecule has 82 valence electrons. The Hall–Kier alpha value is -0.220. The second-order valence-electron chi connectivity index (χ2n) is 3.64. The van der Waals surface area contributed by atoms with Crippen LogP contribution in [0.4, 0.5) is 0 Å². The van der Waals surface area contributed by atoms with Crippen LogP contribution in [-0.2, 0) is 4.74 Å². The molecule has 0 bridgehead atoms. The van der Waals surface area contributed by atoms with Gasteiger partial charge in [0, 0.05) is 9.92 Å². The zero-order chi connectivity index (χ0) is 10.8. The van der Waals surface area contributed by atoms with Crippen molar-refractivity contribution < 1.29 is 9.84 Å². The van der Waals surface area contributed by atoms with Crippen LogP contribution in [-0.4, -0.2) is 23.6 Å². The summed E-state index contributed by atoms with van der Waals surface area (Å²) in [4.78, 5) is 1.14. The van der Waals surface area contributed by atoms with E-state index in [0.29, 0.717) is 10.3 Å². The quantitative estimate of drug-likeness (QED) is 0.887. The number of ether oxygens (including phenoxy) is 1. The zero-order valence-corrected chi connectivity index (χ0v) is 10.0. The summed E-state index contributed by atoms with van der Waals surface area (Å²) in [7, 11) is 0. The molecule has 0 spiro atoms. The number of aliphatic hydroxyl groups is 1. The van der Waals surface area contributed by atoms with E-state index in [1.807, 2.05) is 18.2 Å². The van der Waals surface area contributed by atoms with Crippen LogP contribution in [0.1, 0.15) is 18.6 Å². The smallest absolute Gasteiger partial charge is 0.0776 e. The summed E-state index contributed by atoms with van der Waals surface area (Å²) in [5.74, 6) is 0. The molecule has 2 nitrogen and oxygen atoms in total. The van der Waals surface area contributed by atoms with Gasteiger partial charge in [-0.3, -0.25) is 0 Å². The summed E-state index contributed by atoms with van der Waals surface area (Å²) < 4.78 is 5.11. The van der Waals surface area contributed by atoms with Crippen LogP contribution < -0.4 is 0 Å². The number of benzene rings is 1. The van der Waals surface area contributed by atoms with E-state index >= 15 is 0 Å². The Bertz CT molecular complexity index is 350. The molecule has 0 saturated carbocycles. The second-order valence-corrected chi connectivity index (χ2v) is 5.42. The topological polar surface area (TPSA) is 29.5 Å². The van der Waals surface area contributed by atoms with E-state index in [9.17, 15) is 5.11 Å². The number of halogens is 1. The van der Waals surface area contributed by atoms with Crippen LogP contribution in [0.3, 0.4) is 0 Å². The molecule has 0 radical (unpaired) electrons. The van der Waals surface area contributed by atoms with Gasteiger partial charge in [0.05, 0.1) is 24.6 Å². The van der Waals surface area contributed by atoms with Crippen molar-refractivity contribution in [2.24, 2.45) is 0 Å². The third-order valence-corrected chi connectivity index (χ3v) is 3.79. The summed E-state index contributed by atoms with van der Waals surface area (Å²) in [5, 5.41) is 10.6. The Kier molecular flexibility index (Phi) is 3.57. The molecule has 1 N–H and O–H groups in total. The molecular formula is C11H13ClO2S. The average Bonchev–Trinajstić information content (AvgIpc) is 2.11. The van der Waals surface area contributed by atoms with Gasteiger partial charge in [-0.05, 0) is 24.6 Å². The van der Waals surface area contributed by atoms with Crippen LogP contribution in [0.5, 0.6) is 0 Å². The number of rotatable bonds is 3. The first-order chi connectivity index (χ1) is 7.16. The molecule has 1 aliphatic heterocycles. The molecule has 0 aliphatic carbocycles. The lowest BCUT2D eigenvalue weighted by Gasteiger charge is -2.25. The molecule has 1 fully saturated rings. The first-order valence-electron chi connectivity index (χ1n) is 4.88. The van der Waals surface area contributed by atoms with Gasteiger partial charge >= 0.3 is 0 Å². The largest absolute Gasteiger partial charge is 0.389 e. The summed E-state index contributed by atoms with van der Waals surface area (Å²) in [6.45, 7) is 3.36. The Balaban J connectivity index is 2.10. The van der Waals surface area contributed by atoms with E-state index < -0.39 is 6.10 Å². The van der Waals surface area contributed by atoms with E-state index in [0.717, 1.165) is 23.7 Å². The third kappa shape index (κ3) is 2.67. The monoisotopic (exact) mass is 244 g/mol. The van der Waals surface area contributed by atoms with Gasteiger partial charge in [0.1, 0.15) is 0 Å². The molecule has 2 rings (SSSR count). The predicted molar refractivity (Wildman–Crippen MR) is 62.5 cm³/mol. The van der Waals surface area contributed by atoms with Gasteiger partial charge < -0.3 is 9.84 Å². The van der Waals surface area contributed by atoms with E-state index in [1.165, 1.54) is 0 Å². The summed E-state index contributed by atoms with van der Waals surface area (Å²) >= 11 is 7.84. The maximum atomic E-state index is 9.42. The van der Waals surface area contributed by atoms with E-state index in [4.69, 9.17) is 16.3 Å². The van der Waals surface area contributed by atoms with Crippen molar-refractivity contribution in [2.75, 3.05) is 13.2 Å². The summed E-state index contributed by atoms with van der Waals surface area (Å²) in [6, 6.07) is 5.79. The van der Waals surface area contributed by atoms with Crippen LogP contribution in [0.25, 0.3) is 0 Å². The van der Waals surface area contributed by atoms with Gasteiger partial charge in [0.25, 0.3) is 0 Å². The van der Waals surface area contributed by atoms with Crippen molar-refractivity contribution in [3.63, 3.8) is 0 Å². The SMILES string of the molecule is CC(O)c1ccc(SC2COC2)cc1Cl. The highest BCUT2D eigenvalue weighted by molar-refractivity contribution is 8.00. The Morgan fingerprint density at radius 1 is 1.53 bits per heavy atom. The molecule has 1 aromatic rings. The summed E-state index contributed by atoms with van der Waals surface area (Å²) in [6.07, 6.45) is -0.511. The normalized spacial score (nSPS) is 18.6. The number of hydrogen-bond acceptors (Lipinski definition) is 3. The first kappa shape index (κ1) is 11.3. The highest BCUT2D eigenvalue weighted by Crippen LogP contribution is 2.32. The fourth-order valence-electron chi connectivity index (χ4n) is 1.39. The van der Waals surface area contributed by atoms with Gasteiger partial charge in [-0.25, -0.2) is 0 Å². The van der Waals surface area contributed by atoms with Crippen molar-refractivity contribution in [3.8, 4) is 0 Å². The van der Waals surface area contributed by atoms with E-state index in [-0.39, 0.29) is 0 Å². The lowest BCUT2D eigenvalue weighted by atomic mass is 10.1. The van der Waals surface area contributed by atoms with Gasteiger partial charge in [-0.2, -0.15) is 0 Å². The highest BCUT2D eigenvalue weighted by Gasteiger charge is 2.19. The van der Waals surface area contributed by atoms with Crippen molar-refractivity contribution in [3.05, 3.63) is 28.8 Å². The molecule has 1 unspecified atom stereocenters. The van der Waals surface area contributed by atoms with Crippen LogP contribution in [0.2, 0.25) is 5.02 Å². The molecular weight excluding hydrogens is 232 g/mol. The molecule has 1 atom stereocenters. The molecule has 1 heterocycles. The standard InChI is InChI=1S/C11H13ClO2S/c1-7(13)10-3-2-8(4-11(10)12)15-9-5-14-6-9/h2-4,7,9,13H,5-6H2,1H3. The van der Waals surface area contributed by atoms with Gasteiger partial charge in [-0.1, -0.05) is 17.7 Å². The molecule has 1 aromatic carbocycles. The zero-order valence-electron chi connectivity index (χ0n) is 8.44. The highest BCUT2D eigenvalue weighted by atomic mass is 35.5. The van der Waals surface area contributed by atoms with Crippen molar-refractivity contribution in [1.82, 2.24) is 0 Å². The minimum Gasteiger partial charge on any atom is -0.389 e. The molecule has 1 saturated heterocycles. The lowest BCUT2D eigenvalue weighted by Crippen LogP contribution is -2.29. The van der Waals surface area contributed by atoms with Crippen LogP contribution in [0, 0.1) is 0 Å². The minimum atomic E-state index is -0.511. The fourth-order valence-corrected chi connectivity index (χ4v) is 2.84. The maximum Gasteiger partial charge on any atom is 0.0776 e. The molecule has 15 heavy (non-hydrogen) atoms. The summed E-state index contributed by atoms with van der Waals surface area (Å²) in [5.41, 5.74) is 0.783. The second kappa shape index (κ2) is 4.74. The fraction of sp³-hybridized carbons (Fsp3) is 0.455. The molecule has 4 heteroatoms. The van der Waals surface area contributed by atoms with E-state index in [1.54, 1.807) is 18.7 Å². The molecule has 1 aliphatic rings. The Morgan fingerprint density at radius 2 is 2.27 bits per heavy atom. The van der Waals surface area contributed by atoms with Gasteiger partial charge in [0.15, 0.2) is 0 Å². The van der Waals surface area contributed by atoms with Crippen molar-refractivity contribution in [1.29, 1.82) is 0 Å². The number of aliphatic hydroxyl groups excluding tert-OH is 1. The minimum absolute atomic E-state index is 0.511. The number of thioether (sulfide) groups is 1. The van der Waals surface area contributed by atoms with Crippen LogP contribution >= 0.6 is 23.4 Å². The van der Waals surface area contributed by atoms with Gasteiger partial charge in [0.2, 0.25) is 0 Å². The lowest BCUT2D eigenvalue weighted by molar-refractivity contribution is 0.0455. The van der Waals surface area contributed by atoms with Crippen molar-refractivity contribution >= 4 is 23.4 Å². The molecule has 0 aromatic heterocycles. The van der Waals surface area contributed by atoms with E-state index in [2.05, 4.69) is 0 Å². The third-order valence-electron chi connectivity index (χ3n) is 2.33. The van der Waals surface area contributed by atoms with Crippen molar-refractivity contribution in [2.45, 2.75) is 23.2 Å². The maximum absolute atomic E-state index is 9.42. The van der Waals surface area contributed by atoms with Gasteiger partial charge in [-0.15, -0.1) is 11.8 Å². The predicted octanol–water partition coefficient (Wildman–Crippen LogP) is 2.88.